The highest BCUT2D eigenvalue weighted by Gasteiger charge is 2.37. The average Bonchev–Trinajstić information content (AvgIpc) is 2.24. The summed E-state index contributed by atoms with van der Waals surface area (Å²) in [5.74, 6) is -1.99. The highest BCUT2D eigenvalue weighted by atomic mass is 19.4. The lowest BCUT2D eigenvalue weighted by molar-refractivity contribution is -0.176. The SMILES string of the molecule is CCOC(=O)C(C)(CC)COC(=O)CC(F)(F)F. The molecule has 0 amide bonds. The van der Waals surface area contributed by atoms with Gasteiger partial charge in [0.05, 0.1) is 12.0 Å². The van der Waals surface area contributed by atoms with Gasteiger partial charge in [-0.2, -0.15) is 13.2 Å². The van der Waals surface area contributed by atoms with Crippen LogP contribution in [0.15, 0.2) is 0 Å². The predicted molar refractivity (Wildman–Crippen MR) is 56.7 cm³/mol. The smallest absolute Gasteiger partial charge is 0.399 e. The van der Waals surface area contributed by atoms with Crippen molar-refractivity contribution in [1.29, 1.82) is 0 Å². The van der Waals surface area contributed by atoms with Gasteiger partial charge in [-0.25, -0.2) is 0 Å². The molecule has 0 rings (SSSR count). The van der Waals surface area contributed by atoms with Crippen LogP contribution in [0.1, 0.15) is 33.6 Å². The van der Waals surface area contributed by atoms with Crippen LogP contribution in [0.4, 0.5) is 13.2 Å². The van der Waals surface area contributed by atoms with Gasteiger partial charge in [0.25, 0.3) is 0 Å². The maximum atomic E-state index is 11.9. The summed E-state index contributed by atoms with van der Waals surface area (Å²) < 4.78 is 44.9. The van der Waals surface area contributed by atoms with Gasteiger partial charge in [-0.15, -0.1) is 0 Å². The van der Waals surface area contributed by atoms with E-state index in [0.717, 1.165) is 0 Å². The molecule has 0 aromatic carbocycles. The molecule has 0 aliphatic rings. The summed E-state index contributed by atoms with van der Waals surface area (Å²) in [5.41, 5.74) is -1.11. The molecule has 0 fully saturated rings. The van der Waals surface area contributed by atoms with Gasteiger partial charge in [0.1, 0.15) is 13.0 Å². The van der Waals surface area contributed by atoms with E-state index in [1.54, 1.807) is 13.8 Å². The zero-order chi connectivity index (χ0) is 14.4. The molecule has 0 aromatic rings. The Bertz CT molecular complexity index is 301. The second-order valence-electron chi connectivity index (χ2n) is 4.09. The molecule has 0 aliphatic heterocycles. The number of halogens is 3. The third kappa shape index (κ3) is 5.88. The monoisotopic (exact) mass is 270 g/mol. The number of hydrogen-bond acceptors (Lipinski definition) is 4. The number of carbonyl (C=O) groups excluding carboxylic acids is 2. The van der Waals surface area contributed by atoms with E-state index >= 15 is 0 Å². The summed E-state index contributed by atoms with van der Waals surface area (Å²) in [6, 6.07) is 0. The van der Waals surface area contributed by atoms with Crippen LogP contribution < -0.4 is 0 Å². The molecule has 0 aromatic heterocycles. The highest BCUT2D eigenvalue weighted by molar-refractivity contribution is 5.77. The van der Waals surface area contributed by atoms with Gasteiger partial charge in [-0.1, -0.05) is 6.92 Å². The van der Waals surface area contributed by atoms with Crippen molar-refractivity contribution in [3.8, 4) is 0 Å². The zero-order valence-electron chi connectivity index (χ0n) is 10.6. The minimum Gasteiger partial charge on any atom is -0.465 e. The Balaban J connectivity index is 4.38. The molecular weight excluding hydrogens is 253 g/mol. The molecule has 0 saturated carbocycles. The van der Waals surface area contributed by atoms with E-state index in [-0.39, 0.29) is 6.61 Å². The molecule has 0 saturated heterocycles. The van der Waals surface area contributed by atoms with Crippen molar-refractivity contribution in [3.63, 3.8) is 0 Å². The predicted octanol–water partition coefficient (Wildman–Crippen LogP) is 2.46. The number of ether oxygens (including phenoxy) is 2. The second-order valence-corrected chi connectivity index (χ2v) is 4.09. The first-order valence-electron chi connectivity index (χ1n) is 5.54. The van der Waals surface area contributed by atoms with Crippen molar-refractivity contribution in [1.82, 2.24) is 0 Å². The van der Waals surface area contributed by atoms with Gasteiger partial charge in [0, 0.05) is 0 Å². The van der Waals surface area contributed by atoms with E-state index in [4.69, 9.17) is 4.74 Å². The minimum absolute atomic E-state index is 0.158. The Hall–Kier alpha value is -1.27. The maximum absolute atomic E-state index is 11.9. The van der Waals surface area contributed by atoms with E-state index in [2.05, 4.69) is 4.74 Å². The van der Waals surface area contributed by atoms with Crippen molar-refractivity contribution in [3.05, 3.63) is 0 Å². The highest BCUT2D eigenvalue weighted by Crippen LogP contribution is 2.25. The number of alkyl halides is 3. The topological polar surface area (TPSA) is 52.6 Å². The van der Waals surface area contributed by atoms with Crippen molar-refractivity contribution in [2.75, 3.05) is 13.2 Å². The minimum atomic E-state index is -4.61. The molecule has 18 heavy (non-hydrogen) atoms. The molecule has 0 aliphatic carbocycles. The van der Waals surface area contributed by atoms with E-state index in [9.17, 15) is 22.8 Å². The summed E-state index contributed by atoms with van der Waals surface area (Å²) in [5, 5.41) is 0. The van der Waals surface area contributed by atoms with Crippen LogP contribution in [0.3, 0.4) is 0 Å². The van der Waals surface area contributed by atoms with Gasteiger partial charge in [0.2, 0.25) is 0 Å². The molecular formula is C11H17F3O4. The third-order valence-corrected chi connectivity index (χ3v) is 2.45. The molecule has 0 spiro atoms. The maximum Gasteiger partial charge on any atom is 0.399 e. The molecule has 1 unspecified atom stereocenters. The van der Waals surface area contributed by atoms with Gasteiger partial charge < -0.3 is 9.47 Å². The van der Waals surface area contributed by atoms with Crippen LogP contribution in [0.5, 0.6) is 0 Å². The van der Waals surface area contributed by atoms with E-state index in [1.807, 2.05) is 0 Å². The van der Waals surface area contributed by atoms with Gasteiger partial charge in [-0.05, 0) is 20.3 Å². The molecule has 0 radical (unpaired) electrons. The fraction of sp³-hybridized carbons (Fsp3) is 0.818. The lowest BCUT2D eigenvalue weighted by Crippen LogP contribution is -2.35. The van der Waals surface area contributed by atoms with Crippen molar-refractivity contribution in [2.24, 2.45) is 5.41 Å². The van der Waals surface area contributed by atoms with Crippen LogP contribution in [0, 0.1) is 5.41 Å². The van der Waals surface area contributed by atoms with Crippen molar-refractivity contribution in [2.45, 2.75) is 39.8 Å². The van der Waals surface area contributed by atoms with Gasteiger partial charge >= 0.3 is 18.1 Å². The van der Waals surface area contributed by atoms with Crippen LogP contribution in [0.2, 0.25) is 0 Å². The lowest BCUT2D eigenvalue weighted by atomic mass is 9.89. The average molecular weight is 270 g/mol. The first kappa shape index (κ1) is 16.7. The Kier molecular flexibility index (Phi) is 6.14. The van der Waals surface area contributed by atoms with E-state index in [1.165, 1.54) is 6.92 Å². The number of rotatable bonds is 6. The van der Waals surface area contributed by atoms with Crippen LogP contribution in [-0.2, 0) is 19.1 Å². The van der Waals surface area contributed by atoms with Crippen LogP contribution >= 0.6 is 0 Å². The van der Waals surface area contributed by atoms with E-state index < -0.39 is 36.6 Å². The second kappa shape index (κ2) is 6.61. The Morgan fingerprint density at radius 2 is 1.67 bits per heavy atom. The summed E-state index contributed by atoms with van der Waals surface area (Å²) in [6.07, 6.45) is -5.97. The first-order chi connectivity index (χ1) is 8.14. The zero-order valence-corrected chi connectivity index (χ0v) is 10.6. The van der Waals surface area contributed by atoms with Gasteiger partial charge in [-0.3, -0.25) is 9.59 Å². The molecule has 0 bridgehead atoms. The van der Waals surface area contributed by atoms with Crippen LogP contribution in [-0.4, -0.2) is 31.3 Å². The quantitative estimate of drug-likeness (QED) is 0.696. The summed E-state index contributed by atoms with van der Waals surface area (Å²) >= 11 is 0. The Labute approximate surface area is 103 Å². The Morgan fingerprint density at radius 3 is 2.06 bits per heavy atom. The largest absolute Gasteiger partial charge is 0.465 e. The number of hydrogen-bond donors (Lipinski definition) is 0. The molecule has 0 heterocycles. The summed E-state index contributed by atoms with van der Waals surface area (Å²) in [7, 11) is 0. The summed E-state index contributed by atoms with van der Waals surface area (Å²) in [4.78, 5) is 22.5. The molecule has 4 nitrogen and oxygen atoms in total. The summed E-state index contributed by atoms with van der Waals surface area (Å²) in [6.45, 7) is 4.49. The molecule has 0 N–H and O–H groups in total. The fourth-order valence-electron chi connectivity index (χ4n) is 1.07. The number of esters is 2. The van der Waals surface area contributed by atoms with Gasteiger partial charge in [0.15, 0.2) is 0 Å². The van der Waals surface area contributed by atoms with Crippen LogP contribution in [0.25, 0.3) is 0 Å². The Morgan fingerprint density at radius 1 is 1.11 bits per heavy atom. The third-order valence-electron chi connectivity index (χ3n) is 2.45. The normalized spacial score (nSPS) is 14.8. The number of carbonyl (C=O) groups is 2. The standard InChI is InChI=1S/C11H17F3O4/c1-4-10(3,9(16)17-5-2)7-18-8(15)6-11(12,13)14/h4-7H2,1-3H3. The van der Waals surface area contributed by atoms with E-state index in [0.29, 0.717) is 6.42 Å². The van der Waals surface area contributed by atoms with Crippen molar-refractivity contribution >= 4 is 11.9 Å². The van der Waals surface area contributed by atoms with Crippen molar-refractivity contribution < 1.29 is 32.2 Å². The molecule has 106 valence electrons. The first-order valence-corrected chi connectivity index (χ1v) is 5.54. The fourth-order valence-corrected chi connectivity index (χ4v) is 1.07. The molecule has 7 heteroatoms. The molecule has 1 atom stereocenters. The lowest BCUT2D eigenvalue weighted by Gasteiger charge is -2.25.